The average molecular weight is 277 g/mol. The fraction of sp³-hybridized carbons (Fsp3) is 0.429. The Bertz CT molecular complexity index is 662. The zero-order chi connectivity index (χ0) is 13.8. The highest BCUT2D eigenvalue weighted by Gasteiger charge is 2.64. The fourth-order valence-corrected chi connectivity index (χ4v) is 4.07. The summed E-state index contributed by atoms with van der Waals surface area (Å²) in [6, 6.07) is 5.74. The molecule has 1 aromatic heterocycles. The Morgan fingerprint density at radius 2 is 2.21 bits per heavy atom. The number of aliphatic carboxylic acids is 1. The molecule has 2 unspecified atom stereocenters. The summed E-state index contributed by atoms with van der Waals surface area (Å²) in [5.41, 5.74) is 0.705. The number of carbonyl (C=O) groups is 1. The summed E-state index contributed by atoms with van der Waals surface area (Å²) in [5, 5.41) is 10.2. The summed E-state index contributed by atoms with van der Waals surface area (Å²) < 4.78 is 6.24. The zero-order valence-corrected chi connectivity index (χ0v) is 11.8. The Balaban J connectivity index is 2.01. The van der Waals surface area contributed by atoms with Crippen LogP contribution in [-0.2, 0) is 4.79 Å². The number of thiazole rings is 1. The van der Waals surface area contributed by atoms with Crippen LogP contribution in [0.5, 0.6) is 5.75 Å². The number of carboxylic acids is 1. The van der Waals surface area contributed by atoms with E-state index in [0.29, 0.717) is 0 Å². The largest absolute Gasteiger partial charge is 0.497 e. The molecule has 0 bridgehead atoms. The van der Waals surface area contributed by atoms with Gasteiger partial charge in [-0.15, -0.1) is 11.3 Å². The number of rotatable bonds is 3. The molecule has 1 aliphatic carbocycles. The number of nitrogens with zero attached hydrogens (tertiary/aromatic N) is 1. The normalized spacial score (nSPS) is 24.4. The maximum Gasteiger partial charge on any atom is 0.307 e. The number of carboxylic acid groups (broad SMARTS) is 1. The molecule has 0 aliphatic heterocycles. The first-order valence-corrected chi connectivity index (χ1v) is 6.94. The monoisotopic (exact) mass is 277 g/mol. The summed E-state index contributed by atoms with van der Waals surface area (Å²) >= 11 is 1.57. The lowest BCUT2D eigenvalue weighted by Crippen LogP contribution is -2.03. The van der Waals surface area contributed by atoms with Gasteiger partial charge in [-0.1, -0.05) is 13.8 Å². The molecular weight excluding hydrogens is 262 g/mol. The molecule has 2 atom stereocenters. The van der Waals surface area contributed by atoms with Gasteiger partial charge in [-0.05, 0) is 23.6 Å². The number of hydrogen-bond acceptors (Lipinski definition) is 4. The molecule has 19 heavy (non-hydrogen) atoms. The molecular formula is C14H15NO3S. The van der Waals surface area contributed by atoms with Crippen LogP contribution in [-0.4, -0.2) is 23.2 Å². The Kier molecular flexibility index (Phi) is 2.57. The lowest BCUT2D eigenvalue weighted by molar-refractivity contribution is -0.139. The second-order valence-corrected chi connectivity index (χ2v) is 6.56. The topological polar surface area (TPSA) is 59.4 Å². The first-order chi connectivity index (χ1) is 8.95. The maximum absolute atomic E-state index is 11.2. The molecule has 1 saturated carbocycles. The predicted molar refractivity (Wildman–Crippen MR) is 73.8 cm³/mol. The van der Waals surface area contributed by atoms with Gasteiger partial charge in [0.15, 0.2) is 0 Å². The van der Waals surface area contributed by atoms with Gasteiger partial charge in [0.1, 0.15) is 5.75 Å². The van der Waals surface area contributed by atoms with E-state index in [1.807, 2.05) is 32.0 Å². The van der Waals surface area contributed by atoms with Crippen LogP contribution in [0.1, 0.15) is 24.8 Å². The van der Waals surface area contributed by atoms with Gasteiger partial charge in [0.2, 0.25) is 0 Å². The van der Waals surface area contributed by atoms with E-state index in [9.17, 15) is 9.90 Å². The molecule has 1 aromatic carbocycles. The van der Waals surface area contributed by atoms with Crippen LogP contribution in [0.4, 0.5) is 0 Å². The minimum absolute atomic E-state index is 0.0217. The van der Waals surface area contributed by atoms with E-state index in [1.165, 1.54) is 0 Å². The van der Waals surface area contributed by atoms with Crippen molar-refractivity contribution in [3.05, 3.63) is 23.2 Å². The molecule has 0 radical (unpaired) electrons. The van der Waals surface area contributed by atoms with Crippen LogP contribution >= 0.6 is 11.3 Å². The van der Waals surface area contributed by atoms with E-state index in [2.05, 4.69) is 4.98 Å². The lowest BCUT2D eigenvalue weighted by Gasteiger charge is -1.97. The summed E-state index contributed by atoms with van der Waals surface area (Å²) in [7, 11) is 1.63. The Morgan fingerprint density at radius 1 is 1.47 bits per heavy atom. The Labute approximate surface area is 115 Å². The molecule has 1 aliphatic rings. The zero-order valence-electron chi connectivity index (χ0n) is 11.0. The molecule has 4 nitrogen and oxygen atoms in total. The Hall–Kier alpha value is -1.62. The molecule has 0 amide bonds. The Morgan fingerprint density at radius 3 is 2.79 bits per heavy atom. The van der Waals surface area contributed by atoms with Gasteiger partial charge in [0, 0.05) is 5.92 Å². The molecule has 1 heterocycles. The third-order valence-corrected chi connectivity index (χ3v) is 5.07. The molecule has 0 spiro atoms. The van der Waals surface area contributed by atoms with Crippen molar-refractivity contribution in [3.8, 4) is 5.75 Å². The third kappa shape index (κ3) is 1.80. The molecule has 0 saturated heterocycles. The van der Waals surface area contributed by atoms with Gasteiger partial charge < -0.3 is 9.84 Å². The summed E-state index contributed by atoms with van der Waals surface area (Å²) in [4.78, 5) is 15.8. The highest BCUT2D eigenvalue weighted by molar-refractivity contribution is 7.18. The number of benzene rings is 1. The van der Waals surface area contributed by atoms with Crippen molar-refractivity contribution >= 4 is 27.5 Å². The summed E-state index contributed by atoms with van der Waals surface area (Å²) in [6.45, 7) is 3.98. The van der Waals surface area contributed by atoms with Crippen molar-refractivity contribution in [1.29, 1.82) is 0 Å². The third-order valence-electron chi connectivity index (χ3n) is 3.97. The first kappa shape index (κ1) is 12.4. The molecule has 1 N–H and O–H groups in total. The number of methoxy groups -OCH3 is 1. The smallest absolute Gasteiger partial charge is 0.307 e. The average Bonchev–Trinajstić information content (AvgIpc) is 2.75. The lowest BCUT2D eigenvalue weighted by atomic mass is 10.1. The van der Waals surface area contributed by atoms with Crippen molar-refractivity contribution in [1.82, 2.24) is 4.98 Å². The minimum Gasteiger partial charge on any atom is -0.497 e. The summed E-state index contributed by atoms with van der Waals surface area (Å²) in [5.74, 6) is -0.234. The number of ether oxygens (including phenoxy) is 1. The highest BCUT2D eigenvalue weighted by atomic mass is 32.1. The van der Waals surface area contributed by atoms with Crippen LogP contribution in [0.3, 0.4) is 0 Å². The van der Waals surface area contributed by atoms with E-state index in [1.54, 1.807) is 18.4 Å². The van der Waals surface area contributed by atoms with Gasteiger partial charge in [-0.25, -0.2) is 4.98 Å². The number of aromatic nitrogens is 1. The van der Waals surface area contributed by atoms with Crippen LogP contribution in [0, 0.1) is 11.3 Å². The van der Waals surface area contributed by atoms with Gasteiger partial charge >= 0.3 is 5.97 Å². The molecule has 1 fully saturated rings. The van der Waals surface area contributed by atoms with Crippen LogP contribution in [0.2, 0.25) is 0 Å². The predicted octanol–water partition coefficient (Wildman–Crippen LogP) is 3.13. The second kappa shape index (κ2) is 3.93. The van der Waals surface area contributed by atoms with Crippen molar-refractivity contribution in [2.75, 3.05) is 7.11 Å². The number of fused-ring (bicyclic) bond motifs is 1. The molecule has 2 aromatic rings. The van der Waals surface area contributed by atoms with Gasteiger partial charge in [-0.3, -0.25) is 4.79 Å². The van der Waals surface area contributed by atoms with E-state index in [-0.39, 0.29) is 17.3 Å². The molecule has 5 heteroatoms. The SMILES string of the molecule is COc1ccc2nc(C3C(C(=O)O)C3(C)C)sc2c1. The van der Waals surface area contributed by atoms with Crippen LogP contribution < -0.4 is 4.74 Å². The van der Waals surface area contributed by atoms with Gasteiger partial charge in [-0.2, -0.15) is 0 Å². The summed E-state index contributed by atoms with van der Waals surface area (Å²) in [6.07, 6.45) is 0. The minimum atomic E-state index is -0.730. The quantitative estimate of drug-likeness (QED) is 0.936. The van der Waals surface area contributed by atoms with Crippen LogP contribution in [0.25, 0.3) is 10.2 Å². The highest BCUT2D eigenvalue weighted by Crippen LogP contribution is 2.65. The van der Waals surface area contributed by atoms with E-state index in [4.69, 9.17) is 4.74 Å². The van der Waals surface area contributed by atoms with E-state index < -0.39 is 5.97 Å². The fourth-order valence-electron chi connectivity index (χ4n) is 2.74. The second-order valence-electron chi connectivity index (χ2n) is 5.50. The molecule has 100 valence electrons. The number of hydrogen-bond donors (Lipinski definition) is 1. The van der Waals surface area contributed by atoms with E-state index in [0.717, 1.165) is 21.0 Å². The van der Waals surface area contributed by atoms with Crippen molar-refractivity contribution in [2.24, 2.45) is 11.3 Å². The maximum atomic E-state index is 11.2. The van der Waals surface area contributed by atoms with Crippen LogP contribution in [0.15, 0.2) is 18.2 Å². The van der Waals surface area contributed by atoms with Gasteiger partial charge in [0.25, 0.3) is 0 Å². The standard InChI is InChI=1S/C14H15NO3S/c1-14(2)10(11(14)13(16)17)12-15-8-5-4-7(18-3)6-9(8)19-12/h4-6,10-11H,1-3H3,(H,16,17). The van der Waals surface area contributed by atoms with E-state index >= 15 is 0 Å². The first-order valence-electron chi connectivity index (χ1n) is 6.12. The van der Waals surface area contributed by atoms with Crippen molar-refractivity contribution in [2.45, 2.75) is 19.8 Å². The van der Waals surface area contributed by atoms with Crippen molar-refractivity contribution < 1.29 is 14.6 Å². The van der Waals surface area contributed by atoms with Gasteiger partial charge in [0.05, 0.1) is 28.3 Å². The molecule has 3 rings (SSSR count). The van der Waals surface area contributed by atoms with Crippen molar-refractivity contribution in [3.63, 3.8) is 0 Å².